The van der Waals surface area contributed by atoms with Gasteiger partial charge in [0.1, 0.15) is 0 Å². The van der Waals surface area contributed by atoms with E-state index in [0.717, 1.165) is 5.56 Å². The second kappa shape index (κ2) is 8.39. The molecule has 0 aliphatic heterocycles. The number of aliphatic hydroxyl groups is 2. The maximum atomic E-state index is 11.3. The summed E-state index contributed by atoms with van der Waals surface area (Å²) in [7, 11) is 0. The minimum absolute atomic E-state index is 0.0335. The molecule has 0 radical (unpaired) electrons. The topological polar surface area (TPSA) is 119 Å². The Bertz CT molecular complexity index is 436. The average Bonchev–Trinajstić information content (AvgIpc) is 2.50. The standard InChI is InChI=1S/C13H17NO6/c14-20-13(18)11(16)10(15)12(17)19-8-4-7-9-5-2-1-3-6-9/h1-3,5-6,11,13,16,18H,4,7-8,14H2. The lowest BCUT2D eigenvalue weighted by atomic mass is 10.1. The van der Waals surface area contributed by atoms with Gasteiger partial charge in [-0.2, -0.15) is 0 Å². The lowest BCUT2D eigenvalue weighted by Crippen LogP contribution is -2.41. The fraction of sp³-hybridized carbons (Fsp3) is 0.385. The first-order valence-corrected chi connectivity index (χ1v) is 6.03. The van der Waals surface area contributed by atoms with Crippen molar-refractivity contribution < 1.29 is 29.4 Å². The van der Waals surface area contributed by atoms with Crippen molar-refractivity contribution in [3.63, 3.8) is 0 Å². The number of aryl methyl sites for hydroxylation is 1. The van der Waals surface area contributed by atoms with Gasteiger partial charge in [-0.25, -0.2) is 10.7 Å². The van der Waals surface area contributed by atoms with Gasteiger partial charge >= 0.3 is 5.97 Å². The molecule has 0 saturated carbocycles. The molecule has 1 aromatic rings. The third-order valence-corrected chi connectivity index (χ3v) is 2.57. The van der Waals surface area contributed by atoms with Crippen LogP contribution in [0.1, 0.15) is 12.0 Å². The minimum Gasteiger partial charge on any atom is -0.460 e. The zero-order valence-corrected chi connectivity index (χ0v) is 10.8. The molecule has 1 aromatic carbocycles. The quantitative estimate of drug-likeness (QED) is 0.190. The highest BCUT2D eigenvalue weighted by atomic mass is 16.7. The summed E-state index contributed by atoms with van der Waals surface area (Å²) in [6, 6.07) is 9.57. The van der Waals surface area contributed by atoms with Crippen molar-refractivity contribution in [2.75, 3.05) is 6.61 Å². The van der Waals surface area contributed by atoms with Crippen LogP contribution in [0, 0.1) is 0 Å². The van der Waals surface area contributed by atoms with Crippen LogP contribution in [0.15, 0.2) is 30.3 Å². The molecular weight excluding hydrogens is 266 g/mol. The largest absolute Gasteiger partial charge is 0.460 e. The molecule has 2 unspecified atom stereocenters. The molecule has 110 valence electrons. The monoisotopic (exact) mass is 283 g/mol. The molecule has 2 atom stereocenters. The first-order valence-electron chi connectivity index (χ1n) is 6.03. The van der Waals surface area contributed by atoms with E-state index in [1.807, 2.05) is 30.3 Å². The van der Waals surface area contributed by atoms with Gasteiger partial charge < -0.3 is 14.9 Å². The molecule has 7 heteroatoms. The van der Waals surface area contributed by atoms with E-state index < -0.39 is 24.1 Å². The molecule has 0 saturated heterocycles. The summed E-state index contributed by atoms with van der Waals surface area (Å²) in [5.41, 5.74) is 1.09. The third-order valence-electron chi connectivity index (χ3n) is 2.57. The maximum absolute atomic E-state index is 11.3. The van der Waals surface area contributed by atoms with E-state index >= 15 is 0 Å². The number of aliphatic hydroxyl groups excluding tert-OH is 2. The van der Waals surface area contributed by atoms with E-state index in [9.17, 15) is 14.7 Å². The minimum atomic E-state index is -2.05. The van der Waals surface area contributed by atoms with E-state index in [-0.39, 0.29) is 6.61 Å². The molecular formula is C13H17NO6. The Morgan fingerprint density at radius 1 is 1.20 bits per heavy atom. The summed E-state index contributed by atoms with van der Waals surface area (Å²) in [5.74, 6) is 2.04. The van der Waals surface area contributed by atoms with Gasteiger partial charge in [-0.05, 0) is 18.4 Å². The van der Waals surface area contributed by atoms with E-state index in [1.165, 1.54) is 0 Å². The molecule has 0 bridgehead atoms. The zero-order chi connectivity index (χ0) is 15.0. The summed E-state index contributed by atoms with van der Waals surface area (Å²) in [6.07, 6.45) is -2.78. The Morgan fingerprint density at radius 3 is 2.45 bits per heavy atom. The van der Waals surface area contributed by atoms with Crippen molar-refractivity contribution in [3.05, 3.63) is 35.9 Å². The number of ether oxygens (including phenoxy) is 1. The first-order chi connectivity index (χ1) is 9.56. The molecule has 7 nitrogen and oxygen atoms in total. The SMILES string of the molecule is NOC(O)C(O)C(=O)C(=O)OCCCc1ccccc1. The summed E-state index contributed by atoms with van der Waals surface area (Å²) < 4.78 is 4.69. The van der Waals surface area contributed by atoms with Crippen LogP contribution in [0.2, 0.25) is 0 Å². The van der Waals surface area contributed by atoms with Gasteiger partial charge in [-0.1, -0.05) is 30.3 Å². The summed E-state index contributed by atoms with van der Waals surface area (Å²) >= 11 is 0. The van der Waals surface area contributed by atoms with Crippen LogP contribution in [0.25, 0.3) is 0 Å². The number of rotatable bonds is 8. The molecule has 0 spiro atoms. The Kier molecular flexibility index (Phi) is 6.82. The molecule has 0 aliphatic carbocycles. The molecule has 0 heterocycles. The van der Waals surface area contributed by atoms with E-state index in [2.05, 4.69) is 15.5 Å². The van der Waals surface area contributed by atoms with E-state index in [1.54, 1.807) is 0 Å². The normalized spacial score (nSPS) is 13.6. The molecule has 0 fully saturated rings. The molecule has 0 amide bonds. The number of hydrogen-bond donors (Lipinski definition) is 3. The van der Waals surface area contributed by atoms with Crippen molar-refractivity contribution in [3.8, 4) is 0 Å². The maximum Gasteiger partial charge on any atom is 0.377 e. The predicted octanol–water partition coefficient (Wildman–Crippen LogP) is -0.699. The van der Waals surface area contributed by atoms with Crippen molar-refractivity contribution >= 4 is 11.8 Å². The predicted molar refractivity (Wildman–Crippen MR) is 68.0 cm³/mol. The third kappa shape index (κ3) is 5.06. The Balaban J connectivity index is 2.28. The smallest absolute Gasteiger partial charge is 0.377 e. The number of carbonyl (C=O) groups excluding carboxylic acids is 2. The number of esters is 1. The number of carbonyl (C=O) groups is 2. The van der Waals surface area contributed by atoms with Gasteiger partial charge in [0.25, 0.3) is 5.78 Å². The second-order valence-electron chi connectivity index (χ2n) is 4.06. The lowest BCUT2D eigenvalue weighted by Gasteiger charge is -2.13. The van der Waals surface area contributed by atoms with Gasteiger partial charge in [0.15, 0.2) is 6.10 Å². The zero-order valence-electron chi connectivity index (χ0n) is 10.8. The fourth-order valence-electron chi connectivity index (χ4n) is 1.48. The van der Waals surface area contributed by atoms with Crippen LogP contribution >= 0.6 is 0 Å². The van der Waals surface area contributed by atoms with Crippen LogP contribution in [0.5, 0.6) is 0 Å². The number of Topliss-reactive ketones (excluding diaryl/α,β-unsaturated/α-hetero) is 1. The van der Waals surface area contributed by atoms with Crippen LogP contribution < -0.4 is 5.90 Å². The van der Waals surface area contributed by atoms with Gasteiger partial charge in [-0.3, -0.25) is 9.63 Å². The Hall–Kier alpha value is -1.80. The van der Waals surface area contributed by atoms with Crippen LogP contribution in [-0.4, -0.2) is 41.0 Å². The number of hydrogen-bond acceptors (Lipinski definition) is 7. The number of benzene rings is 1. The highest BCUT2D eigenvalue weighted by molar-refractivity contribution is 6.35. The number of ketones is 1. The summed E-state index contributed by atoms with van der Waals surface area (Å²) in [5, 5.41) is 18.1. The van der Waals surface area contributed by atoms with Crippen molar-refractivity contribution in [1.82, 2.24) is 0 Å². The highest BCUT2D eigenvalue weighted by Crippen LogP contribution is 2.03. The van der Waals surface area contributed by atoms with Gasteiger partial charge in [0.05, 0.1) is 6.61 Å². The second-order valence-corrected chi connectivity index (χ2v) is 4.06. The lowest BCUT2D eigenvalue weighted by molar-refractivity contribution is -0.182. The van der Waals surface area contributed by atoms with Gasteiger partial charge in [-0.15, -0.1) is 0 Å². The van der Waals surface area contributed by atoms with Crippen molar-refractivity contribution in [1.29, 1.82) is 0 Å². The van der Waals surface area contributed by atoms with Crippen LogP contribution in [-0.2, 0) is 25.6 Å². The molecule has 0 aliphatic rings. The van der Waals surface area contributed by atoms with Crippen molar-refractivity contribution in [2.45, 2.75) is 25.2 Å². The molecule has 0 aromatic heterocycles. The Morgan fingerprint density at radius 2 is 1.85 bits per heavy atom. The fourth-order valence-corrected chi connectivity index (χ4v) is 1.48. The van der Waals surface area contributed by atoms with Crippen LogP contribution in [0.4, 0.5) is 0 Å². The summed E-state index contributed by atoms with van der Waals surface area (Å²) in [6.45, 7) is 0.0335. The number of nitrogens with two attached hydrogens (primary N) is 1. The van der Waals surface area contributed by atoms with Crippen molar-refractivity contribution in [2.24, 2.45) is 5.90 Å². The highest BCUT2D eigenvalue weighted by Gasteiger charge is 2.31. The first kappa shape index (κ1) is 16.3. The van der Waals surface area contributed by atoms with E-state index in [0.29, 0.717) is 12.8 Å². The Labute approximate surface area is 115 Å². The van der Waals surface area contributed by atoms with Gasteiger partial charge in [0.2, 0.25) is 6.29 Å². The van der Waals surface area contributed by atoms with Gasteiger partial charge in [0, 0.05) is 0 Å². The average molecular weight is 283 g/mol. The van der Waals surface area contributed by atoms with E-state index in [4.69, 9.17) is 5.11 Å². The summed E-state index contributed by atoms with van der Waals surface area (Å²) in [4.78, 5) is 26.4. The molecule has 1 rings (SSSR count). The molecule has 4 N–H and O–H groups in total. The van der Waals surface area contributed by atoms with Crippen LogP contribution in [0.3, 0.4) is 0 Å². The molecule has 20 heavy (non-hydrogen) atoms.